The van der Waals surface area contributed by atoms with Crippen LogP contribution in [0.15, 0.2) is 0 Å². The summed E-state index contributed by atoms with van der Waals surface area (Å²) in [6.45, 7) is 8.15. The van der Waals surface area contributed by atoms with Crippen LogP contribution < -0.4 is 0 Å². The number of hydrogen-bond acceptors (Lipinski definition) is 3. The number of carbonyl (C=O) groups is 2. The molecule has 0 N–H and O–H groups in total. The highest BCUT2D eigenvalue weighted by Gasteiger charge is 2.62. The molecule has 6 heteroatoms. The third-order valence-electron chi connectivity index (χ3n) is 7.98. The minimum absolute atomic E-state index is 0.0518. The van der Waals surface area contributed by atoms with E-state index in [-0.39, 0.29) is 29.3 Å². The molecule has 2 aliphatic heterocycles. The van der Waals surface area contributed by atoms with Gasteiger partial charge in [-0.25, -0.2) is 0 Å². The quantitative estimate of drug-likeness (QED) is 0.648. The van der Waals surface area contributed by atoms with Crippen molar-refractivity contribution in [1.82, 2.24) is 14.7 Å². The molecular weight excluding hydrogens is 386 g/mol. The zero-order valence-corrected chi connectivity index (χ0v) is 19.2. The number of carbonyl (C=O) groups excluding carboxylic acids is 2. The third kappa shape index (κ3) is 3.82. The van der Waals surface area contributed by atoms with Crippen molar-refractivity contribution in [2.24, 2.45) is 5.92 Å². The average Bonchev–Trinajstić information content (AvgIpc) is 2.67. The van der Waals surface area contributed by atoms with Crippen molar-refractivity contribution in [1.29, 1.82) is 0 Å². The fraction of sp³-hybridized carbons (Fsp3) is 0.913. The summed E-state index contributed by atoms with van der Waals surface area (Å²) in [4.78, 5) is 33.6. The van der Waals surface area contributed by atoms with Gasteiger partial charge in [-0.15, -0.1) is 11.6 Å². The first kappa shape index (κ1) is 21.4. The van der Waals surface area contributed by atoms with Gasteiger partial charge < -0.3 is 9.80 Å². The number of hydrogen-bond donors (Lipinski definition) is 0. The summed E-state index contributed by atoms with van der Waals surface area (Å²) in [6, 6.07) is 0.287. The molecule has 1 atom stereocenters. The normalized spacial score (nSPS) is 34.2. The molecular formula is C23H38ClN3O2. The molecule has 1 unspecified atom stereocenters. The van der Waals surface area contributed by atoms with Gasteiger partial charge in [-0.1, -0.05) is 19.3 Å². The van der Waals surface area contributed by atoms with Crippen LogP contribution in [0.5, 0.6) is 0 Å². The summed E-state index contributed by atoms with van der Waals surface area (Å²) in [7, 11) is 0. The van der Waals surface area contributed by atoms with Gasteiger partial charge in [-0.05, 0) is 65.2 Å². The van der Waals surface area contributed by atoms with Gasteiger partial charge in [0.05, 0.1) is 0 Å². The maximum absolute atomic E-state index is 13.7. The van der Waals surface area contributed by atoms with Crippen molar-refractivity contribution in [3.05, 3.63) is 0 Å². The molecule has 4 fully saturated rings. The topological polar surface area (TPSA) is 43.9 Å². The molecule has 2 aliphatic carbocycles. The van der Waals surface area contributed by atoms with Gasteiger partial charge in [0.2, 0.25) is 5.91 Å². The van der Waals surface area contributed by atoms with E-state index in [2.05, 4.69) is 4.90 Å². The zero-order chi connectivity index (χ0) is 20.8. The van der Waals surface area contributed by atoms with Crippen LogP contribution in [0.2, 0.25) is 0 Å². The zero-order valence-electron chi connectivity index (χ0n) is 18.4. The first-order valence-electron chi connectivity index (χ1n) is 11.9. The van der Waals surface area contributed by atoms with E-state index in [4.69, 9.17) is 11.6 Å². The summed E-state index contributed by atoms with van der Waals surface area (Å²) >= 11 is 6.31. The number of alkyl halides is 1. The Morgan fingerprint density at radius 1 is 1.00 bits per heavy atom. The molecule has 0 aromatic carbocycles. The van der Waals surface area contributed by atoms with Gasteiger partial charge >= 0.3 is 0 Å². The van der Waals surface area contributed by atoms with Crippen LogP contribution in [-0.2, 0) is 9.59 Å². The fourth-order valence-corrected chi connectivity index (χ4v) is 6.48. The lowest BCUT2D eigenvalue weighted by Crippen LogP contribution is -2.83. The third-order valence-corrected chi connectivity index (χ3v) is 8.42. The Morgan fingerprint density at radius 2 is 1.62 bits per heavy atom. The number of halogens is 1. The highest BCUT2D eigenvalue weighted by molar-refractivity contribution is 6.20. The summed E-state index contributed by atoms with van der Waals surface area (Å²) in [5, 5.41) is 0.278. The van der Waals surface area contributed by atoms with Crippen LogP contribution in [0.4, 0.5) is 0 Å². The van der Waals surface area contributed by atoms with E-state index in [1.54, 1.807) is 0 Å². The Bertz CT molecular complexity index is 620. The van der Waals surface area contributed by atoms with Gasteiger partial charge in [0.1, 0.15) is 11.6 Å². The number of piperazine rings is 1. The number of likely N-dealkylation sites (tertiary alicyclic amines) is 1. The minimum Gasteiger partial charge on any atom is -0.326 e. The molecule has 0 aromatic heterocycles. The first-order valence-corrected chi connectivity index (χ1v) is 12.3. The molecule has 29 heavy (non-hydrogen) atoms. The predicted molar refractivity (Wildman–Crippen MR) is 116 cm³/mol. The second-order valence-corrected chi connectivity index (χ2v) is 10.9. The molecule has 164 valence electrons. The monoisotopic (exact) mass is 423 g/mol. The second kappa shape index (κ2) is 8.37. The van der Waals surface area contributed by atoms with Crippen molar-refractivity contribution >= 4 is 23.4 Å². The van der Waals surface area contributed by atoms with Crippen molar-refractivity contribution in [2.45, 2.75) is 108 Å². The predicted octanol–water partition coefficient (Wildman–Crippen LogP) is 3.64. The summed E-state index contributed by atoms with van der Waals surface area (Å²) in [6.07, 6.45) is 10.6. The molecule has 5 nitrogen and oxygen atoms in total. The standard InChI is InChI=1S/C23H38ClN3O2/c1-16(2)27-17(3)21(28)26(13-18-9-11-19(24)12-10-18)23(22(27)29)14-25(15-23)20-7-5-4-6-8-20/h16-20H,4-15H2,1-3H3. The Balaban J connectivity index is 1.55. The molecule has 2 saturated carbocycles. The summed E-state index contributed by atoms with van der Waals surface area (Å²) in [5.41, 5.74) is -0.636. The highest BCUT2D eigenvalue weighted by atomic mass is 35.5. The summed E-state index contributed by atoms with van der Waals surface area (Å²) < 4.78 is 0. The fourth-order valence-electron chi connectivity index (χ4n) is 6.23. The highest BCUT2D eigenvalue weighted by Crippen LogP contribution is 2.41. The Labute approximate surface area is 181 Å². The molecule has 4 aliphatic rings. The smallest absolute Gasteiger partial charge is 0.252 e. The molecule has 1 spiro atoms. The summed E-state index contributed by atoms with van der Waals surface area (Å²) in [5.74, 6) is 0.799. The molecule has 2 saturated heterocycles. The first-order chi connectivity index (χ1) is 13.8. The van der Waals surface area contributed by atoms with E-state index < -0.39 is 5.54 Å². The Kier molecular flexibility index (Phi) is 6.19. The SMILES string of the molecule is CC(C)N1C(=O)C2(CN(C3CCCCC3)C2)N(CC2CCC(Cl)CC2)C(=O)C1C. The van der Waals surface area contributed by atoms with Crippen LogP contribution in [0.3, 0.4) is 0 Å². The molecule has 0 aromatic rings. The van der Waals surface area contributed by atoms with E-state index in [9.17, 15) is 9.59 Å². The largest absolute Gasteiger partial charge is 0.326 e. The Morgan fingerprint density at radius 3 is 2.21 bits per heavy atom. The van der Waals surface area contributed by atoms with Gasteiger partial charge in [0, 0.05) is 37.1 Å². The van der Waals surface area contributed by atoms with Crippen molar-refractivity contribution in [3.63, 3.8) is 0 Å². The van der Waals surface area contributed by atoms with Crippen LogP contribution in [0, 0.1) is 5.92 Å². The van der Waals surface area contributed by atoms with E-state index in [0.29, 0.717) is 12.0 Å². The van der Waals surface area contributed by atoms with E-state index >= 15 is 0 Å². The van der Waals surface area contributed by atoms with Crippen LogP contribution >= 0.6 is 11.6 Å². The molecule has 0 radical (unpaired) electrons. The van der Waals surface area contributed by atoms with Crippen LogP contribution in [0.1, 0.15) is 78.6 Å². The molecule has 4 rings (SSSR count). The maximum Gasteiger partial charge on any atom is 0.252 e. The van der Waals surface area contributed by atoms with E-state index in [1.807, 2.05) is 30.6 Å². The lowest BCUT2D eigenvalue weighted by molar-refractivity contribution is -0.190. The van der Waals surface area contributed by atoms with Gasteiger partial charge in [0.15, 0.2) is 0 Å². The van der Waals surface area contributed by atoms with Gasteiger partial charge in [-0.2, -0.15) is 0 Å². The van der Waals surface area contributed by atoms with Crippen molar-refractivity contribution in [2.75, 3.05) is 19.6 Å². The van der Waals surface area contributed by atoms with Crippen molar-refractivity contribution < 1.29 is 9.59 Å². The minimum atomic E-state index is -0.636. The lowest BCUT2D eigenvalue weighted by Gasteiger charge is -2.62. The lowest BCUT2D eigenvalue weighted by atomic mass is 9.77. The number of nitrogens with zero attached hydrogens (tertiary/aromatic N) is 3. The molecule has 2 amide bonds. The van der Waals surface area contributed by atoms with Gasteiger partial charge in [0.25, 0.3) is 5.91 Å². The van der Waals surface area contributed by atoms with Crippen LogP contribution in [-0.4, -0.2) is 75.2 Å². The van der Waals surface area contributed by atoms with E-state index in [1.165, 1.54) is 32.1 Å². The number of rotatable bonds is 4. The van der Waals surface area contributed by atoms with Gasteiger partial charge in [-0.3, -0.25) is 14.5 Å². The maximum atomic E-state index is 13.7. The number of amides is 2. The average molecular weight is 424 g/mol. The molecule has 0 bridgehead atoms. The molecule has 2 heterocycles. The van der Waals surface area contributed by atoms with E-state index in [0.717, 1.165) is 45.3 Å². The second-order valence-electron chi connectivity index (χ2n) is 10.3. The van der Waals surface area contributed by atoms with Crippen LogP contribution in [0.25, 0.3) is 0 Å². The van der Waals surface area contributed by atoms with Crippen molar-refractivity contribution in [3.8, 4) is 0 Å². The Hall–Kier alpha value is -0.810.